The van der Waals surface area contributed by atoms with Crippen molar-refractivity contribution < 1.29 is 4.79 Å². The molecule has 0 saturated carbocycles. The fourth-order valence-corrected chi connectivity index (χ4v) is 2.13. The molecule has 1 heterocycles. The quantitative estimate of drug-likeness (QED) is 0.834. The van der Waals surface area contributed by atoms with E-state index in [9.17, 15) is 4.79 Å². The number of nitrogen functional groups attached to an aromatic ring is 1. The van der Waals surface area contributed by atoms with Crippen molar-refractivity contribution in [2.24, 2.45) is 0 Å². The zero-order chi connectivity index (χ0) is 14.0. The van der Waals surface area contributed by atoms with Gasteiger partial charge in [-0.15, -0.1) is 0 Å². The van der Waals surface area contributed by atoms with Crippen molar-refractivity contribution in [2.45, 2.75) is 13.8 Å². The first-order valence-electron chi connectivity index (χ1n) is 5.76. The van der Waals surface area contributed by atoms with E-state index in [1.807, 2.05) is 19.9 Å². The van der Waals surface area contributed by atoms with E-state index in [4.69, 9.17) is 5.73 Å². The molecule has 0 unspecified atom stereocenters. The Labute approximate surface area is 120 Å². The van der Waals surface area contributed by atoms with E-state index >= 15 is 0 Å². The molecule has 5 heteroatoms. The van der Waals surface area contributed by atoms with Gasteiger partial charge in [0.2, 0.25) is 0 Å². The Balaban J connectivity index is 2.31. The van der Waals surface area contributed by atoms with Gasteiger partial charge in [0.15, 0.2) is 0 Å². The third-order valence-corrected chi connectivity index (χ3v) is 3.51. The smallest absolute Gasteiger partial charge is 0.256 e. The van der Waals surface area contributed by atoms with Gasteiger partial charge in [-0.3, -0.25) is 9.78 Å². The lowest BCUT2D eigenvalue weighted by atomic mass is 10.0. The number of amides is 1. The number of aromatic nitrogens is 1. The van der Waals surface area contributed by atoms with Gasteiger partial charge in [0.25, 0.3) is 5.91 Å². The number of anilines is 2. The molecule has 0 bridgehead atoms. The van der Waals surface area contributed by atoms with Crippen molar-refractivity contribution in [3.63, 3.8) is 0 Å². The van der Waals surface area contributed by atoms with Crippen LogP contribution in [0.25, 0.3) is 0 Å². The summed E-state index contributed by atoms with van der Waals surface area (Å²) < 4.78 is 0.737. The number of nitrogens with two attached hydrogens (primary N) is 1. The Morgan fingerprint density at radius 3 is 2.74 bits per heavy atom. The Morgan fingerprint density at radius 2 is 2.05 bits per heavy atom. The van der Waals surface area contributed by atoms with Gasteiger partial charge >= 0.3 is 0 Å². The van der Waals surface area contributed by atoms with Crippen molar-refractivity contribution in [3.8, 4) is 0 Å². The van der Waals surface area contributed by atoms with Gasteiger partial charge < -0.3 is 11.1 Å². The van der Waals surface area contributed by atoms with E-state index in [-0.39, 0.29) is 5.91 Å². The predicted molar refractivity (Wildman–Crippen MR) is 80.2 cm³/mol. The van der Waals surface area contributed by atoms with Crippen molar-refractivity contribution in [2.75, 3.05) is 11.1 Å². The first kappa shape index (κ1) is 13.5. The molecule has 0 atom stereocenters. The minimum atomic E-state index is -0.184. The maximum atomic E-state index is 12.2. The first-order valence-corrected chi connectivity index (χ1v) is 6.56. The Morgan fingerprint density at radius 1 is 1.32 bits per heavy atom. The minimum absolute atomic E-state index is 0.184. The molecular weight excluding hydrogens is 306 g/mol. The summed E-state index contributed by atoms with van der Waals surface area (Å²) in [6, 6.07) is 5.34. The van der Waals surface area contributed by atoms with Crippen LogP contribution in [-0.2, 0) is 0 Å². The van der Waals surface area contributed by atoms with Crippen LogP contribution in [0, 0.1) is 13.8 Å². The summed E-state index contributed by atoms with van der Waals surface area (Å²) in [6.45, 7) is 3.81. The van der Waals surface area contributed by atoms with Crippen LogP contribution in [0.3, 0.4) is 0 Å². The molecule has 1 aromatic heterocycles. The average Bonchev–Trinajstić information content (AvgIpc) is 2.36. The third kappa shape index (κ3) is 2.93. The topological polar surface area (TPSA) is 68.0 Å². The van der Waals surface area contributed by atoms with Crippen LogP contribution in [0.15, 0.2) is 35.1 Å². The number of hydrogen-bond donors (Lipinski definition) is 2. The molecule has 0 saturated heterocycles. The van der Waals surface area contributed by atoms with E-state index in [2.05, 4.69) is 26.2 Å². The fraction of sp³-hybridized carbons (Fsp3) is 0.143. The van der Waals surface area contributed by atoms with Crippen LogP contribution >= 0.6 is 15.9 Å². The number of hydrogen-bond acceptors (Lipinski definition) is 3. The highest BCUT2D eigenvalue weighted by molar-refractivity contribution is 9.10. The minimum Gasteiger partial charge on any atom is -0.398 e. The van der Waals surface area contributed by atoms with E-state index in [0.29, 0.717) is 16.9 Å². The van der Waals surface area contributed by atoms with Gasteiger partial charge in [0, 0.05) is 23.6 Å². The molecule has 0 radical (unpaired) electrons. The molecule has 1 aromatic carbocycles. The summed E-state index contributed by atoms with van der Waals surface area (Å²) in [5, 5.41) is 2.83. The van der Waals surface area contributed by atoms with E-state index in [1.165, 1.54) is 0 Å². The molecule has 0 aliphatic heterocycles. The van der Waals surface area contributed by atoms with Gasteiger partial charge in [-0.2, -0.15) is 0 Å². The lowest BCUT2D eigenvalue weighted by molar-refractivity contribution is 0.102. The molecule has 1 amide bonds. The highest BCUT2D eigenvalue weighted by Gasteiger charge is 2.12. The summed E-state index contributed by atoms with van der Waals surface area (Å²) in [5.41, 5.74) is 9.59. The molecule has 19 heavy (non-hydrogen) atoms. The monoisotopic (exact) mass is 319 g/mol. The first-order chi connectivity index (χ1) is 8.99. The largest absolute Gasteiger partial charge is 0.398 e. The number of halogens is 1. The van der Waals surface area contributed by atoms with E-state index in [1.54, 1.807) is 24.5 Å². The molecule has 98 valence electrons. The number of nitrogens with one attached hydrogen (secondary N) is 1. The van der Waals surface area contributed by atoms with Crippen LogP contribution in [-0.4, -0.2) is 10.9 Å². The second kappa shape index (κ2) is 5.40. The zero-order valence-electron chi connectivity index (χ0n) is 10.7. The SMILES string of the molecule is Cc1cc(C)c(C(=O)Nc2ccncc2Br)cc1N. The van der Waals surface area contributed by atoms with E-state index < -0.39 is 0 Å². The molecule has 0 spiro atoms. The third-order valence-electron chi connectivity index (χ3n) is 2.88. The van der Waals surface area contributed by atoms with Crippen LogP contribution in [0.4, 0.5) is 11.4 Å². The van der Waals surface area contributed by atoms with Crippen molar-refractivity contribution >= 4 is 33.2 Å². The number of carbonyl (C=O) groups excluding carboxylic acids is 1. The average molecular weight is 320 g/mol. The molecule has 4 nitrogen and oxygen atoms in total. The number of nitrogens with zero attached hydrogens (tertiary/aromatic N) is 1. The van der Waals surface area contributed by atoms with Gasteiger partial charge in [-0.05, 0) is 53.0 Å². The summed E-state index contributed by atoms with van der Waals surface area (Å²) in [7, 11) is 0. The Bertz CT molecular complexity index is 641. The van der Waals surface area contributed by atoms with Crippen LogP contribution in [0.1, 0.15) is 21.5 Å². The Hall–Kier alpha value is -1.88. The number of aryl methyl sites for hydroxylation is 2. The molecule has 2 aromatic rings. The Kier molecular flexibility index (Phi) is 3.85. The van der Waals surface area contributed by atoms with Gasteiger partial charge in [0.1, 0.15) is 0 Å². The van der Waals surface area contributed by atoms with Gasteiger partial charge in [0.05, 0.1) is 10.2 Å². The molecule has 0 aliphatic rings. The van der Waals surface area contributed by atoms with Crippen molar-refractivity contribution in [1.29, 1.82) is 0 Å². The molecule has 3 N–H and O–H groups in total. The lowest BCUT2D eigenvalue weighted by Gasteiger charge is -2.11. The second-order valence-corrected chi connectivity index (χ2v) is 5.19. The maximum Gasteiger partial charge on any atom is 0.256 e. The van der Waals surface area contributed by atoms with Crippen LogP contribution in [0.2, 0.25) is 0 Å². The number of benzene rings is 1. The van der Waals surface area contributed by atoms with E-state index in [0.717, 1.165) is 15.6 Å². The molecule has 0 fully saturated rings. The lowest BCUT2D eigenvalue weighted by Crippen LogP contribution is -2.14. The normalized spacial score (nSPS) is 10.3. The fourth-order valence-electron chi connectivity index (χ4n) is 1.78. The number of rotatable bonds is 2. The summed E-state index contributed by atoms with van der Waals surface area (Å²) in [5.74, 6) is -0.184. The number of carbonyl (C=O) groups is 1. The van der Waals surface area contributed by atoms with Crippen LogP contribution in [0.5, 0.6) is 0 Å². The summed E-state index contributed by atoms with van der Waals surface area (Å²) in [4.78, 5) is 16.2. The van der Waals surface area contributed by atoms with Crippen molar-refractivity contribution in [3.05, 3.63) is 51.8 Å². The molecular formula is C14H14BrN3O. The second-order valence-electron chi connectivity index (χ2n) is 4.33. The summed E-state index contributed by atoms with van der Waals surface area (Å²) >= 11 is 3.34. The standard InChI is InChI=1S/C14H14BrN3O/c1-8-5-9(2)12(16)6-10(8)14(19)18-13-3-4-17-7-11(13)15/h3-7H,16H2,1-2H3,(H,17,18,19). The van der Waals surface area contributed by atoms with Crippen LogP contribution < -0.4 is 11.1 Å². The summed E-state index contributed by atoms with van der Waals surface area (Å²) in [6.07, 6.45) is 3.25. The predicted octanol–water partition coefficient (Wildman–Crippen LogP) is 3.30. The highest BCUT2D eigenvalue weighted by atomic mass is 79.9. The molecule has 0 aliphatic carbocycles. The number of pyridine rings is 1. The maximum absolute atomic E-state index is 12.2. The van der Waals surface area contributed by atoms with Crippen molar-refractivity contribution in [1.82, 2.24) is 4.98 Å². The molecule has 2 rings (SSSR count). The highest BCUT2D eigenvalue weighted by Crippen LogP contribution is 2.23. The van der Waals surface area contributed by atoms with Gasteiger partial charge in [-0.25, -0.2) is 0 Å². The van der Waals surface area contributed by atoms with Gasteiger partial charge in [-0.1, -0.05) is 6.07 Å². The zero-order valence-corrected chi connectivity index (χ0v) is 12.3.